The largest absolute Gasteiger partial charge is 0.302 e. The standard InChI is InChI=1S/C33H22N2O/c36-33-32-28-16-8-7-15-27(28)31(25-13-5-2-6-14-25)35(32)30-18-10-9-17-29(30)34(33)26-21-19-24(20-22-26)23-11-3-1-4-12-23/h1-22H. The molecule has 3 heteroatoms. The lowest BCUT2D eigenvalue weighted by atomic mass is 10.1. The van der Waals surface area contributed by atoms with Gasteiger partial charge < -0.3 is 4.40 Å². The first-order chi connectivity index (χ1) is 17.8. The maximum atomic E-state index is 14.3. The zero-order chi connectivity index (χ0) is 24.1. The molecule has 0 aliphatic rings. The Bertz CT molecular complexity index is 1930. The highest BCUT2D eigenvalue weighted by Crippen LogP contribution is 2.35. The van der Waals surface area contributed by atoms with Crippen molar-refractivity contribution in [3.05, 3.63) is 144 Å². The van der Waals surface area contributed by atoms with Gasteiger partial charge in [0, 0.05) is 16.5 Å². The van der Waals surface area contributed by atoms with Gasteiger partial charge in [0.05, 0.1) is 16.7 Å². The van der Waals surface area contributed by atoms with Gasteiger partial charge in [0.1, 0.15) is 5.52 Å². The second-order valence-electron chi connectivity index (χ2n) is 8.99. The second kappa shape index (κ2) is 8.10. The number of fused-ring (bicyclic) bond motifs is 5. The van der Waals surface area contributed by atoms with E-state index in [2.05, 4.69) is 59.0 Å². The summed E-state index contributed by atoms with van der Waals surface area (Å²) in [7, 11) is 0. The minimum absolute atomic E-state index is 0.0282. The Hall–Kier alpha value is -4.89. The van der Waals surface area contributed by atoms with Gasteiger partial charge in [-0.2, -0.15) is 0 Å². The summed E-state index contributed by atoms with van der Waals surface area (Å²) in [5.41, 5.74) is 7.79. The minimum Gasteiger partial charge on any atom is -0.302 e. The smallest absolute Gasteiger partial charge is 0.280 e. The van der Waals surface area contributed by atoms with Gasteiger partial charge in [0.25, 0.3) is 5.56 Å². The maximum absolute atomic E-state index is 14.3. The van der Waals surface area contributed by atoms with Gasteiger partial charge >= 0.3 is 0 Å². The molecule has 0 bridgehead atoms. The molecule has 0 aliphatic carbocycles. The third-order valence-electron chi connectivity index (χ3n) is 6.93. The number of rotatable bonds is 3. The summed E-state index contributed by atoms with van der Waals surface area (Å²) in [6.07, 6.45) is 0. The van der Waals surface area contributed by atoms with Crippen LogP contribution in [0.2, 0.25) is 0 Å². The molecule has 2 aromatic heterocycles. The highest BCUT2D eigenvalue weighted by molar-refractivity contribution is 6.08. The van der Waals surface area contributed by atoms with E-state index < -0.39 is 0 Å². The van der Waals surface area contributed by atoms with Crippen LogP contribution in [0.15, 0.2) is 138 Å². The maximum Gasteiger partial charge on any atom is 0.280 e. The first-order valence-electron chi connectivity index (χ1n) is 12.1. The summed E-state index contributed by atoms with van der Waals surface area (Å²) in [6.45, 7) is 0. The van der Waals surface area contributed by atoms with Crippen LogP contribution in [-0.4, -0.2) is 8.97 Å². The van der Waals surface area contributed by atoms with E-state index in [1.807, 2.05) is 83.4 Å². The van der Waals surface area contributed by atoms with Crippen molar-refractivity contribution in [3.63, 3.8) is 0 Å². The Morgan fingerprint density at radius 3 is 1.67 bits per heavy atom. The monoisotopic (exact) mass is 462 g/mol. The lowest BCUT2D eigenvalue weighted by Crippen LogP contribution is -2.21. The fourth-order valence-electron chi connectivity index (χ4n) is 5.33. The Kier molecular flexibility index (Phi) is 4.61. The molecule has 2 heterocycles. The summed E-state index contributed by atoms with van der Waals surface area (Å²) in [5, 5.41) is 2.03. The molecule has 3 nitrogen and oxygen atoms in total. The Labute approximate surface area is 208 Å². The first-order valence-corrected chi connectivity index (χ1v) is 12.1. The zero-order valence-electron chi connectivity index (χ0n) is 19.5. The van der Waals surface area contributed by atoms with Crippen molar-refractivity contribution in [1.29, 1.82) is 0 Å². The second-order valence-corrected chi connectivity index (χ2v) is 8.99. The van der Waals surface area contributed by atoms with Crippen molar-refractivity contribution in [2.75, 3.05) is 0 Å². The van der Waals surface area contributed by atoms with Crippen molar-refractivity contribution < 1.29 is 0 Å². The van der Waals surface area contributed by atoms with Gasteiger partial charge in [-0.25, -0.2) is 0 Å². The number of hydrogen-bond donors (Lipinski definition) is 0. The molecule has 5 aromatic carbocycles. The Balaban J connectivity index is 1.59. The number of para-hydroxylation sites is 2. The number of hydrogen-bond acceptors (Lipinski definition) is 1. The van der Waals surface area contributed by atoms with Crippen LogP contribution in [0, 0.1) is 0 Å². The third-order valence-corrected chi connectivity index (χ3v) is 6.93. The predicted molar refractivity (Wildman–Crippen MR) is 149 cm³/mol. The van der Waals surface area contributed by atoms with E-state index in [0.717, 1.165) is 49.9 Å². The molecule has 0 saturated heterocycles. The number of nitrogens with zero attached hydrogens (tertiary/aromatic N) is 2. The molecule has 0 fully saturated rings. The molecule has 7 rings (SSSR count). The average molecular weight is 463 g/mol. The van der Waals surface area contributed by atoms with Crippen molar-refractivity contribution >= 4 is 27.3 Å². The van der Waals surface area contributed by atoms with Crippen molar-refractivity contribution in [1.82, 2.24) is 8.97 Å². The summed E-state index contributed by atoms with van der Waals surface area (Å²) in [6, 6.07) is 45.2. The average Bonchev–Trinajstić information content (AvgIpc) is 3.30. The fraction of sp³-hybridized carbons (Fsp3) is 0. The quantitative estimate of drug-likeness (QED) is 0.264. The molecule has 0 atom stereocenters. The molecule has 0 unspecified atom stereocenters. The molecule has 0 spiro atoms. The molecule has 0 amide bonds. The molecular weight excluding hydrogens is 440 g/mol. The van der Waals surface area contributed by atoms with Crippen LogP contribution < -0.4 is 5.56 Å². The molecule has 0 N–H and O–H groups in total. The van der Waals surface area contributed by atoms with Crippen LogP contribution in [0.5, 0.6) is 0 Å². The summed E-state index contributed by atoms with van der Waals surface area (Å²) < 4.78 is 3.99. The number of benzene rings is 5. The highest BCUT2D eigenvalue weighted by atomic mass is 16.1. The van der Waals surface area contributed by atoms with E-state index in [9.17, 15) is 4.79 Å². The molecule has 0 saturated carbocycles. The topological polar surface area (TPSA) is 26.4 Å². The molecule has 0 radical (unpaired) electrons. The molecule has 170 valence electrons. The molecule has 7 aromatic rings. The van der Waals surface area contributed by atoms with Crippen LogP contribution in [0.1, 0.15) is 0 Å². The van der Waals surface area contributed by atoms with Crippen molar-refractivity contribution in [3.8, 4) is 28.1 Å². The lowest BCUT2D eigenvalue weighted by Gasteiger charge is -2.15. The molecule has 36 heavy (non-hydrogen) atoms. The van der Waals surface area contributed by atoms with Gasteiger partial charge in [-0.15, -0.1) is 0 Å². The van der Waals surface area contributed by atoms with Gasteiger partial charge in [0.2, 0.25) is 0 Å². The normalized spacial score (nSPS) is 11.4. The van der Waals surface area contributed by atoms with E-state index in [0.29, 0.717) is 5.52 Å². The zero-order valence-corrected chi connectivity index (χ0v) is 19.5. The van der Waals surface area contributed by atoms with E-state index in [1.165, 1.54) is 0 Å². The summed E-state index contributed by atoms with van der Waals surface area (Å²) >= 11 is 0. The lowest BCUT2D eigenvalue weighted by molar-refractivity contribution is 1.03. The van der Waals surface area contributed by atoms with Crippen molar-refractivity contribution in [2.24, 2.45) is 0 Å². The Morgan fingerprint density at radius 1 is 0.444 bits per heavy atom. The van der Waals surface area contributed by atoms with Crippen LogP contribution >= 0.6 is 0 Å². The van der Waals surface area contributed by atoms with Crippen LogP contribution in [0.25, 0.3) is 55.4 Å². The summed E-state index contributed by atoms with van der Waals surface area (Å²) in [4.78, 5) is 14.3. The molecular formula is C33H22N2O. The SMILES string of the molecule is O=c1c2c3ccccc3c(-c3ccccc3)n2c2ccccc2n1-c1ccc(-c2ccccc2)cc1. The van der Waals surface area contributed by atoms with Crippen LogP contribution in [-0.2, 0) is 0 Å². The predicted octanol–water partition coefficient (Wildman–Crippen LogP) is 7.73. The summed E-state index contributed by atoms with van der Waals surface area (Å²) in [5.74, 6) is 0. The Morgan fingerprint density at radius 2 is 0.972 bits per heavy atom. The van der Waals surface area contributed by atoms with Crippen LogP contribution in [0.3, 0.4) is 0 Å². The third kappa shape index (κ3) is 3.03. The number of aromatic nitrogens is 2. The van der Waals surface area contributed by atoms with Gasteiger partial charge in [-0.1, -0.05) is 109 Å². The van der Waals surface area contributed by atoms with E-state index in [1.54, 1.807) is 0 Å². The van der Waals surface area contributed by atoms with E-state index in [4.69, 9.17) is 0 Å². The van der Waals surface area contributed by atoms with E-state index >= 15 is 0 Å². The van der Waals surface area contributed by atoms with Gasteiger partial charge in [0.15, 0.2) is 0 Å². The van der Waals surface area contributed by atoms with Gasteiger partial charge in [-0.05, 0) is 41.0 Å². The fourth-order valence-corrected chi connectivity index (χ4v) is 5.33. The van der Waals surface area contributed by atoms with E-state index in [-0.39, 0.29) is 5.56 Å². The van der Waals surface area contributed by atoms with Crippen LogP contribution in [0.4, 0.5) is 0 Å². The minimum atomic E-state index is -0.0282. The van der Waals surface area contributed by atoms with Gasteiger partial charge in [-0.3, -0.25) is 9.36 Å². The first kappa shape index (κ1) is 20.5. The van der Waals surface area contributed by atoms with Crippen molar-refractivity contribution in [2.45, 2.75) is 0 Å². The molecule has 0 aliphatic heterocycles. The highest BCUT2D eigenvalue weighted by Gasteiger charge is 2.20.